The third-order valence-electron chi connectivity index (χ3n) is 3.15. The Labute approximate surface area is 119 Å². The second-order valence-corrected chi connectivity index (χ2v) is 4.78. The van der Waals surface area contributed by atoms with E-state index in [1.807, 2.05) is 35.9 Å². The van der Waals surface area contributed by atoms with E-state index in [2.05, 4.69) is 17.2 Å². The van der Waals surface area contributed by atoms with Crippen LogP contribution in [-0.2, 0) is 19.6 Å². The molecule has 0 bridgehead atoms. The number of hydrogen-bond donors (Lipinski definition) is 1. The highest BCUT2D eigenvalue weighted by atomic mass is 16.5. The largest absolute Gasteiger partial charge is 0.492 e. The maximum absolute atomic E-state index is 9.24. The van der Waals surface area contributed by atoms with E-state index in [9.17, 15) is 5.11 Å². The molecule has 0 radical (unpaired) electrons. The highest BCUT2D eigenvalue weighted by Crippen LogP contribution is 2.12. The molecule has 0 saturated carbocycles. The molecular weight excluding hydrogens is 254 g/mol. The van der Waals surface area contributed by atoms with Crippen LogP contribution in [0, 0.1) is 6.92 Å². The Morgan fingerprint density at radius 3 is 2.65 bits per heavy atom. The summed E-state index contributed by atoms with van der Waals surface area (Å²) >= 11 is 0. The maximum atomic E-state index is 9.24. The number of aryl methyl sites for hydroxylation is 1. The zero-order valence-electron chi connectivity index (χ0n) is 12.0. The van der Waals surface area contributed by atoms with Crippen LogP contribution < -0.4 is 4.74 Å². The first kappa shape index (κ1) is 14.5. The molecule has 0 aliphatic carbocycles. The summed E-state index contributed by atoms with van der Waals surface area (Å²) in [6.07, 6.45) is 1.87. The van der Waals surface area contributed by atoms with Crippen molar-refractivity contribution in [2.24, 2.45) is 0 Å². The SMILES string of the molecule is CCCc1c(CO)nnn1CCOc1ccc(C)cc1. The van der Waals surface area contributed by atoms with Crippen LogP contribution in [-0.4, -0.2) is 26.7 Å². The van der Waals surface area contributed by atoms with E-state index in [1.54, 1.807) is 0 Å². The highest BCUT2D eigenvalue weighted by molar-refractivity contribution is 5.26. The lowest BCUT2D eigenvalue weighted by molar-refractivity contribution is 0.274. The molecule has 0 spiro atoms. The predicted molar refractivity (Wildman–Crippen MR) is 76.6 cm³/mol. The molecule has 0 aliphatic rings. The Kier molecular flexibility index (Phi) is 5.12. The van der Waals surface area contributed by atoms with Crippen LogP contribution in [0.5, 0.6) is 5.75 Å². The molecule has 0 saturated heterocycles. The Hall–Kier alpha value is -1.88. The van der Waals surface area contributed by atoms with Gasteiger partial charge in [-0.05, 0) is 25.5 Å². The first-order valence-electron chi connectivity index (χ1n) is 6.96. The van der Waals surface area contributed by atoms with Crippen LogP contribution in [0.25, 0.3) is 0 Å². The summed E-state index contributed by atoms with van der Waals surface area (Å²) in [6.45, 7) is 5.26. The van der Waals surface area contributed by atoms with Crippen molar-refractivity contribution in [1.29, 1.82) is 0 Å². The van der Waals surface area contributed by atoms with Crippen LogP contribution >= 0.6 is 0 Å². The first-order chi connectivity index (χ1) is 9.74. The molecule has 5 nitrogen and oxygen atoms in total. The van der Waals surface area contributed by atoms with Gasteiger partial charge in [0.15, 0.2) is 0 Å². The lowest BCUT2D eigenvalue weighted by Gasteiger charge is -2.09. The predicted octanol–water partition coefficient (Wildman–Crippen LogP) is 2.11. The molecule has 1 N–H and O–H groups in total. The number of hydrogen-bond acceptors (Lipinski definition) is 4. The average molecular weight is 275 g/mol. The number of ether oxygens (including phenoxy) is 1. The Morgan fingerprint density at radius 2 is 2.00 bits per heavy atom. The molecule has 108 valence electrons. The minimum Gasteiger partial charge on any atom is -0.492 e. The fourth-order valence-corrected chi connectivity index (χ4v) is 2.07. The summed E-state index contributed by atoms with van der Waals surface area (Å²) < 4.78 is 7.51. The quantitative estimate of drug-likeness (QED) is 0.840. The molecule has 20 heavy (non-hydrogen) atoms. The van der Waals surface area contributed by atoms with E-state index in [-0.39, 0.29) is 6.61 Å². The summed E-state index contributed by atoms with van der Waals surface area (Å²) in [4.78, 5) is 0. The minimum atomic E-state index is -0.0614. The van der Waals surface area contributed by atoms with Crippen LogP contribution in [0.4, 0.5) is 0 Å². The van der Waals surface area contributed by atoms with E-state index in [1.165, 1.54) is 5.56 Å². The van der Waals surface area contributed by atoms with E-state index in [4.69, 9.17) is 4.74 Å². The van der Waals surface area contributed by atoms with Gasteiger partial charge in [-0.15, -0.1) is 5.10 Å². The van der Waals surface area contributed by atoms with Gasteiger partial charge in [-0.2, -0.15) is 0 Å². The molecule has 0 aliphatic heterocycles. The van der Waals surface area contributed by atoms with Crippen LogP contribution in [0.1, 0.15) is 30.3 Å². The average Bonchev–Trinajstić information content (AvgIpc) is 2.84. The van der Waals surface area contributed by atoms with Gasteiger partial charge in [-0.3, -0.25) is 0 Å². The van der Waals surface area contributed by atoms with Crippen molar-refractivity contribution >= 4 is 0 Å². The monoisotopic (exact) mass is 275 g/mol. The number of rotatable bonds is 7. The first-order valence-corrected chi connectivity index (χ1v) is 6.96. The fourth-order valence-electron chi connectivity index (χ4n) is 2.07. The van der Waals surface area contributed by atoms with Gasteiger partial charge in [0.25, 0.3) is 0 Å². The molecule has 0 unspecified atom stereocenters. The Morgan fingerprint density at radius 1 is 1.25 bits per heavy atom. The molecule has 1 aromatic heterocycles. The van der Waals surface area contributed by atoms with E-state index < -0.39 is 0 Å². The van der Waals surface area contributed by atoms with Gasteiger partial charge in [-0.1, -0.05) is 36.3 Å². The standard InChI is InChI=1S/C15H21N3O2/c1-3-4-15-14(11-19)16-17-18(15)9-10-20-13-7-5-12(2)6-8-13/h5-8,19H,3-4,9-11H2,1-2H3. The molecular formula is C15H21N3O2. The molecule has 0 atom stereocenters. The summed E-state index contributed by atoms with van der Waals surface area (Å²) in [6, 6.07) is 7.97. The summed E-state index contributed by atoms with van der Waals surface area (Å²) in [5.74, 6) is 0.857. The van der Waals surface area contributed by atoms with Gasteiger partial charge in [-0.25, -0.2) is 4.68 Å². The van der Waals surface area contributed by atoms with Crippen molar-refractivity contribution in [2.45, 2.75) is 39.8 Å². The molecule has 1 heterocycles. The van der Waals surface area contributed by atoms with E-state index in [0.29, 0.717) is 18.8 Å². The second-order valence-electron chi connectivity index (χ2n) is 4.78. The molecule has 1 aromatic carbocycles. The molecule has 0 amide bonds. The van der Waals surface area contributed by atoms with Crippen molar-refractivity contribution in [3.63, 3.8) is 0 Å². The molecule has 0 fully saturated rings. The highest BCUT2D eigenvalue weighted by Gasteiger charge is 2.10. The number of aliphatic hydroxyl groups excluding tert-OH is 1. The number of nitrogens with zero attached hydrogens (tertiary/aromatic N) is 3. The van der Waals surface area contributed by atoms with Gasteiger partial charge in [0.1, 0.15) is 18.1 Å². The van der Waals surface area contributed by atoms with Crippen LogP contribution in [0.15, 0.2) is 24.3 Å². The van der Waals surface area contributed by atoms with Crippen molar-refractivity contribution in [2.75, 3.05) is 6.61 Å². The zero-order chi connectivity index (χ0) is 14.4. The van der Waals surface area contributed by atoms with Gasteiger partial charge < -0.3 is 9.84 Å². The smallest absolute Gasteiger partial charge is 0.119 e. The second kappa shape index (κ2) is 7.05. The maximum Gasteiger partial charge on any atom is 0.119 e. The molecule has 5 heteroatoms. The fraction of sp³-hybridized carbons (Fsp3) is 0.467. The normalized spacial score (nSPS) is 10.8. The minimum absolute atomic E-state index is 0.0614. The Balaban J connectivity index is 1.93. The number of benzene rings is 1. The lowest BCUT2D eigenvalue weighted by Crippen LogP contribution is -2.13. The van der Waals surface area contributed by atoms with Crippen LogP contribution in [0.2, 0.25) is 0 Å². The number of aromatic nitrogens is 3. The van der Waals surface area contributed by atoms with Crippen LogP contribution in [0.3, 0.4) is 0 Å². The zero-order valence-corrected chi connectivity index (χ0v) is 12.0. The van der Waals surface area contributed by atoms with E-state index in [0.717, 1.165) is 24.3 Å². The third-order valence-corrected chi connectivity index (χ3v) is 3.15. The van der Waals surface area contributed by atoms with Crippen molar-refractivity contribution in [1.82, 2.24) is 15.0 Å². The van der Waals surface area contributed by atoms with Gasteiger partial charge in [0.2, 0.25) is 0 Å². The van der Waals surface area contributed by atoms with Gasteiger partial charge in [0, 0.05) is 0 Å². The lowest BCUT2D eigenvalue weighted by atomic mass is 10.2. The van der Waals surface area contributed by atoms with Gasteiger partial charge in [0.05, 0.1) is 18.8 Å². The third kappa shape index (κ3) is 3.57. The van der Waals surface area contributed by atoms with Gasteiger partial charge >= 0.3 is 0 Å². The summed E-state index contributed by atoms with van der Waals surface area (Å²) in [5, 5.41) is 17.3. The van der Waals surface area contributed by atoms with Crippen molar-refractivity contribution < 1.29 is 9.84 Å². The van der Waals surface area contributed by atoms with Crippen molar-refractivity contribution in [3.05, 3.63) is 41.2 Å². The molecule has 2 aromatic rings. The topological polar surface area (TPSA) is 60.2 Å². The summed E-state index contributed by atoms with van der Waals surface area (Å²) in [5.41, 5.74) is 2.89. The van der Waals surface area contributed by atoms with Crippen molar-refractivity contribution in [3.8, 4) is 5.75 Å². The number of aliphatic hydroxyl groups is 1. The Bertz CT molecular complexity index is 535. The molecule has 2 rings (SSSR count). The van der Waals surface area contributed by atoms with E-state index >= 15 is 0 Å². The summed E-state index contributed by atoms with van der Waals surface area (Å²) in [7, 11) is 0.